The third kappa shape index (κ3) is 3.78. The van der Waals surface area contributed by atoms with E-state index in [0.29, 0.717) is 0 Å². The lowest BCUT2D eigenvalue weighted by Gasteiger charge is -2.11. The molecule has 27 heavy (non-hydrogen) atoms. The summed E-state index contributed by atoms with van der Waals surface area (Å²) in [6.45, 7) is 2.25. The highest BCUT2D eigenvalue weighted by atomic mass is 79.9. The number of anilines is 1. The summed E-state index contributed by atoms with van der Waals surface area (Å²) in [4.78, 5) is 17.5. The number of imidazole rings is 1. The fraction of sp³-hybridized carbons (Fsp3) is 0.0909. The number of fused-ring (bicyclic) bond motifs is 1. The molecule has 0 aliphatic carbocycles. The standard InChI is InChI=1S/C22H18BrN3O/c1-15-5-4-6-16(13-15)22-25-19-7-2-3-8-20(19)26(22)14-21(27)24-18-11-9-17(23)10-12-18/h2-13H,14H2,1H3,(H,24,27). The van der Waals surface area contributed by atoms with Gasteiger partial charge in [0.25, 0.3) is 0 Å². The molecular formula is C22H18BrN3O. The molecule has 1 heterocycles. The highest BCUT2D eigenvalue weighted by Gasteiger charge is 2.15. The van der Waals surface area contributed by atoms with Crippen molar-refractivity contribution in [1.82, 2.24) is 9.55 Å². The lowest BCUT2D eigenvalue weighted by atomic mass is 10.1. The van der Waals surface area contributed by atoms with Crippen LogP contribution in [0.3, 0.4) is 0 Å². The van der Waals surface area contributed by atoms with Gasteiger partial charge < -0.3 is 9.88 Å². The summed E-state index contributed by atoms with van der Waals surface area (Å²) >= 11 is 3.40. The van der Waals surface area contributed by atoms with E-state index in [9.17, 15) is 4.79 Å². The molecule has 0 aliphatic rings. The molecule has 4 rings (SSSR count). The fourth-order valence-corrected chi connectivity index (χ4v) is 3.38. The van der Waals surface area contributed by atoms with E-state index in [1.807, 2.05) is 65.2 Å². The van der Waals surface area contributed by atoms with Gasteiger partial charge in [0.05, 0.1) is 11.0 Å². The number of halogens is 1. The molecule has 0 unspecified atom stereocenters. The van der Waals surface area contributed by atoms with Gasteiger partial charge in [0, 0.05) is 15.7 Å². The Morgan fingerprint density at radius 1 is 1.04 bits per heavy atom. The zero-order valence-electron chi connectivity index (χ0n) is 14.8. The van der Waals surface area contributed by atoms with Crippen molar-refractivity contribution in [2.24, 2.45) is 0 Å². The number of para-hydroxylation sites is 2. The van der Waals surface area contributed by atoms with E-state index < -0.39 is 0 Å². The number of amides is 1. The quantitative estimate of drug-likeness (QED) is 0.480. The molecule has 0 aliphatic heterocycles. The van der Waals surface area contributed by atoms with Crippen molar-refractivity contribution in [2.45, 2.75) is 13.5 Å². The Kier molecular flexibility index (Phi) is 4.77. The maximum absolute atomic E-state index is 12.7. The zero-order valence-corrected chi connectivity index (χ0v) is 16.4. The van der Waals surface area contributed by atoms with Gasteiger partial charge in [-0.3, -0.25) is 4.79 Å². The fourth-order valence-electron chi connectivity index (χ4n) is 3.12. The monoisotopic (exact) mass is 419 g/mol. The third-order valence-corrected chi connectivity index (χ3v) is 4.89. The summed E-state index contributed by atoms with van der Waals surface area (Å²) in [5, 5.41) is 2.95. The maximum atomic E-state index is 12.7. The number of hydrogen-bond acceptors (Lipinski definition) is 2. The molecule has 1 amide bonds. The Balaban J connectivity index is 1.70. The van der Waals surface area contributed by atoms with Crippen LogP contribution in [0, 0.1) is 6.92 Å². The first-order valence-electron chi connectivity index (χ1n) is 8.68. The van der Waals surface area contributed by atoms with Crippen LogP contribution < -0.4 is 5.32 Å². The summed E-state index contributed by atoms with van der Waals surface area (Å²) in [5.41, 5.74) is 4.75. The van der Waals surface area contributed by atoms with Crippen LogP contribution in [0.4, 0.5) is 5.69 Å². The van der Waals surface area contributed by atoms with Crippen LogP contribution in [-0.2, 0) is 11.3 Å². The number of nitrogens with one attached hydrogen (secondary N) is 1. The van der Waals surface area contributed by atoms with Crippen molar-refractivity contribution in [3.63, 3.8) is 0 Å². The Morgan fingerprint density at radius 2 is 1.81 bits per heavy atom. The number of hydrogen-bond donors (Lipinski definition) is 1. The van der Waals surface area contributed by atoms with Crippen molar-refractivity contribution in [3.8, 4) is 11.4 Å². The van der Waals surface area contributed by atoms with Crippen LogP contribution in [0.2, 0.25) is 0 Å². The van der Waals surface area contributed by atoms with Crippen LogP contribution in [0.1, 0.15) is 5.56 Å². The number of aromatic nitrogens is 2. The average molecular weight is 420 g/mol. The predicted octanol–water partition coefficient (Wildman–Crippen LogP) is 5.41. The van der Waals surface area contributed by atoms with Crippen molar-refractivity contribution < 1.29 is 4.79 Å². The molecule has 5 heteroatoms. The molecule has 0 fully saturated rings. The van der Waals surface area contributed by atoms with Crippen LogP contribution in [-0.4, -0.2) is 15.5 Å². The second-order valence-corrected chi connectivity index (χ2v) is 7.35. The van der Waals surface area contributed by atoms with Crippen molar-refractivity contribution in [2.75, 3.05) is 5.32 Å². The second kappa shape index (κ2) is 7.37. The summed E-state index contributed by atoms with van der Waals surface area (Å²) in [6.07, 6.45) is 0. The van der Waals surface area contributed by atoms with E-state index in [1.165, 1.54) is 0 Å². The molecule has 1 N–H and O–H groups in total. The highest BCUT2D eigenvalue weighted by molar-refractivity contribution is 9.10. The summed E-state index contributed by atoms with van der Waals surface area (Å²) in [5.74, 6) is 0.709. The second-order valence-electron chi connectivity index (χ2n) is 6.43. The van der Waals surface area contributed by atoms with Gasteiger partial charge in [-0.2, -0.15) is 0 Å². The number of aryl methyl sites for hydroxylation is 1. The van der Waals surface area contributed by atoms with Gasteiger partial charge in [0.15, 0.2) is 0 Å². The van der Waals surface area contributed by atoms with Crippen LogP contribution >= 0.6 is 15.9 Å². The first kappa shape index (κ1) is 17.5. The first-order chi connectivity index (χ1) is 13.1. The van der Waals surface area contributed by atoms with Gasteiger partial charge in [0.1, 0.15) is 12.4 Å². The lowest BCUT2D eigenvalue weighted by Crippen LogP contribution is -2.19. The van der Waals surface area contributed by atoms with Crippen molar-refractivity contribution in [1.29, 1.82) is 0 Å². The minimum absolute atomic E-state index is 0.0885. The Hall–Kier alpha value is -2.92. The molecule has 0 saturated heterocycles. The maximum Gasteiger partial charge on any atom is 0.244 e. The van der Waals surface area contributed by atoms with Gasteiger partial charge in [-0.1, -0.05) is 51.8 Å². The van der Waals surface area contributed by atoms with E-state index >= 15 is 0 Å². The number of benzene rings is 3. The van der Waals surface area contributed by atoms with Crippen LogP contribution in [0.25, 0.3) is 22.4 Å². The third-order valence-electron chi connectivity index (χ3n) is 4.36. The van der Waals surface area contributed by atoms with E-state index in [1.54, 1.807) is 0 Å². The smallest absolute Gasteiger partial charge is 0.244 e. The molecule has 0 radical (unpaired) electrons. The van der Waals surface area contributed by atoms with Gasteiger partial charge in [0.2, 0.25) is 5.91 Å². The van der Waals surface area contributed by atoms with E-state index in [4.69, 9.17) is 4.98 Å². The topological polar surface area (TPSA) is 46.9 Å². The summed E-state index contributed by atoms with van der Waals surface area (Å²) < 4.78 is 2.95. The lowest BCUT2D eigenvalue weighted by molar-refractivity contribution is -0.116. The summed E-state index contributed by atoms with van der Waals surface area (Å²) in [7, 11) is 0. The predicted molar refractivity (Wildman–Crippen MR) is 113 cm³/mol. The number of nitrogens with zero attached hydrogens (tertiary/aromatic N) is 2. The van der Waals surface area contributed by atoms with Crippen LogP contribution in [0.5, 0.6) is 0 Å². The minimum Gasteiger partial charge on any atom is -0.325 e. The van der Waals surface area contributed by atoms with Crippen molar-refractivity contribution >= 4 is 38.6 Å². The molecule has 1 aromatic heterocycles. The van der Waals surface area contributed by atoms with E-state index in [-0.39, 0.29) is 12.5 Å². The summed E-state index contributed by atoms with van der Waals surface area (Å²) in [6, 6.07) is 23.6. The zero-order chi connectivity index (χ0) is 18.8. The molecule has 4 nitrogen and oxygen atoms in total. The van der Waals surface area contributed by atoms with Gasteiger partial charge in [-0.25, -0.2) is 4.98 Å². The molecule has 3 aromatic carbocycles. The highest BCUT2D eigenvalue weighted by Crippen LogP contribution is 2.25. The molecule has 0 atom stereocenters. The molecular weight excluding hydrogens is 402 g/mol. The van der Waals surface area contributed by atoms with Crippen LogP contribution in [0.15, 0.2) is 77.3 Å². The minimum atomic E-state index is -0.0885. The van der Waals surface area contributed by atoms with Gasteiger partial charge in [-0.15, -0.1) is 0 Å². The van der Waals surface area contributed by atoms with Gasteiger partial charge >= 0.3 is 0 Å². The number of rotatable bonds is 4. The molecule has 0 spiro atoms. The number of carbonyl (C=O) groups is 1. The molecule has 0 saturated carbocycles. The SMILES string of the molecule is Cc1cccc(-c2nc3ccccc3n2CC(=O)Nc2ccc(Br)cc2)c1. The Morgan fingerprint density at radius 3 is 2.59 bits per heavy atom. The normalized spacial score (nSPS) is 10.9. The largest absolute Gasteiger partial charge is 0.325 e. The first-order valence-corrected chi connectivity index (χ1v) is 9.47. The molecule has 134 valence electrons. The van der Waals surface area contributed by atoms with E-state index in [2.05, 4.69) is 40.3 Å². The Labute approximate surface area is 166 Å². The molecule has 4 aromatic rings. The molecule has 0 bridgehead atoms. The number of carbonyl (C=O) groups excluding carboxylic acids is 1. The van der Waals surface area contributed by atoms with Gasteiger partial charge in [-0.05, 0) is 49.4 Å². The Bertz CT molecular complexity index is 1120. The average Bonchev–Trinajstić information content (AvgIpc) is 3.02. The van der Waals surface area contributed by atoms with Crippen molar-refractivity contribution in [3.05, 3.63) is 82.8 Å². The van der Waals surface area contributed by atoms with E-state index in [0.717, 1.165) is 38.1 Å².